The molecule has 1 aliphatic rings. The Morgan fingerprint density at radius 1 is 0.828 bits per heavy atom. The molecule has 4 aromatic rings. The number of aryl methyl sites for hydroxylation is 3. The first-order valence-corrected chi connectivity index (χ1v) is 10.4. The Kier molecular flexibility index (Phi) is 4.06. The maximum Gasteiger partial charge on any atom is 0.138 e. The highest BCUT2D eigenvalue weighted by atomic mass is 16.3. The van der Waals surface area contributed by atoms with Crippen LogP contribution in [-0.2, 0) is 12.8 Å². The van der Waals surface area contributed by atoms with Gasteiger partial charge in [0.15, 0.2) is 0 Å². The summed E-state index contributed by atoms with van der Waals surface area (Å²) >= 11 is 0. The minimum Gasteiger partial charge on any atom is -0.456 e. The number of benzene rings is 3. The van der Waals surface area contributed by atoms with Crippen molar-refractivity contribution in [2.24, 2.45) is 0 Å². The molecule has 0 atom stereocenters. The fraction of sp³-hybridized carbons (Fsp3) is 0.259. The monoisotopic (exact) mass is 381 g/mol. The van der Waals surface area contributed by atoms with E-state index in [1.165, 1.54) is 61.1 Å². The Labute approximate surface area is 172 Å². The predicted octanol–water partition coefficient (Wildman–Crippen LogP) is 7.22. The lowest BCUT2D eigenvalue weighted by molar-refractivity contribution is 0.664. The summed E-state index contributed by atoms with van der Waals surface area (Å²) in [5.41, 5.74) is 13.9. The quantitative estimate of drug-likeness (QED) is 0.396. The number of para-hydroxylation sites is 1. The van der Waals surface area contributed by atoms with Gasteiger partial charge in [-0.25, -0.2) is 0 Å². The van der Waals surface area contributed by atoms with Crippen LogP contribution in [0.1, 0.15) is 38.9 Å². The Balaban J connectivity index is 1.59. The van der Waals surface area contributed by atoms with Crippen molar-refractivity contribution in [3.8, 4) is 0 Å². The number of hydrogen-bond acceptors (Lipinski definition) is 2. The smallest absolute Gasteiger partial charge is 0.138 e. The highest BCUT2D eigenvalue weighted by Crippen LogP contribution is 2.39. The van der Waals surface area contributed by atoms with E-state index in [0.29, 0.717) is 0 Å². The number of anilines is 1. The van der Waals surface area contributed by atoms with Gasteiger partial charge in [0, 0.05) is 28.6 Å². The van der Waals surface area contributed by atoms with E-state index in [1.807, 2.05) is 0 Å². The summed E-state index contributed by atoms with van der Waals surface area (Å²) in [5, 5.41) is 6.17. The predicted molar refractivity (Wildman–Crippen MR) is 123 cm³/mol. The van der Waals surface area contributed by atoms with E-state index in [1.54, 1.807) is 0 Å². The van der Waals surface area contributed by atoms with Gasteiger partial charge in [-0.3, -0.25) is 0 Å². The normalized spacial score (nSPS) is 13.6. The molecule has 0 unspecified atom stereocenters. The number of hydrogen-bond donors (Lipinski definition) is 1. The third-order valence-corrected chi connectivity index (χ3v) is 6.80. The third kappa shape index (κ3) is 2.78. The average Bonchev–Trinajstić information content (AvgIpc) is 3.09. The molecule has 1 aliphatic carbocycles. The van der Waals surface area contributed by atoms with Gasteiger partial charge in [-0.15, -0.1) is 0 Å². The molecule has 0 saturated heterocycles. The molecule has 1 heterocycles. The lowest BCUT2D eigenvalue weighted by Gasteiger charge is -2.19. The first-order chi connectivity index (χ1) is 13.9. The molecule has 146 valence electrons. The molecular formula is C27H27NO. The lowest BCUT2D eigenvalue weighted by atomic mass is 9.90. The van der Waals surface area contributed by atoms with Crippen LogP contribution in [0.3, 0.4) is 0 Å². The van der Waals surface area contributed by atoms with Crippen molar-refractivity contribution in [1.29, 1.82) is 0 Å². The molecule has 0 fully saturated rings. The Morgan fingerprint density at radius 3 is 2.38 bits per heavy atom. The van der Waals surface area contributed by atoms with Crippen LogP contribution >= 0.6 is 0 Å². The first kappa shape index (κ1) is 18.1. The lowest BCUT2D eigenvalue weighted by Crippen LogP contribution is -2.10. The molecular weight excluding hydrogens is 354 g/mol. The van der Waals surface area contributed by atoms with Crippen molar-refractivity contribution in [2.75, 3.05) is 5.32 Å². The van der Waals surface area contributed by atoms with Crippen molar-refractivity contribution < 1.29 is 4.42 Å². The molecule has 1 N–H and O–H groups in total. The molecule has 2 nitrogen and oxygen atoms in total. The molecule has 0 spiro atoms. The molecule has 0 radical (unpaired) electrons. The highest BCUT2D eigenvalue weighted by Gasteiger charge is 2.20. The summed E-state index contributed by atoms with van der Waals surface area (Å²) in [6.07, 6.45) is 4.19. The van der Waals surface area contributed by atoms with Crippen LogP contribution in [0.5, 0.6) is 0 Å². The van der Waals surface area contributed by atoms with Crippen LogP contribution in [-0.4, -0.2) is 0 Å². The first-order valence-electron chi connectivity index (χ1n) is 10.4. The molecule has 29 heavy (non-hydrogen) atoms. The summed E-state index contributed by atoms with van der Waals surface area (Å²) < 4.78 is 6.40. The van der Waals surface area contributed by atoms with Gasteiger partial charge in [-0.1, -0.05) is 24.3 Å². The molecule has 0 aliphatic heterocycles. The van der Waals surface area contributed by atoms with Crippen LogP contribution in [0.2, 0.25) is 0 Å². The van der Waals surface area contributed by atoms with Crippen molar-refractivity contribution in [3.05, 3.63) is 87.1 Å². The molecule has 1 aromatic heterocycles. The van der Waals surface area contributed by atoms with Gasteiger partial charge in [0.1, 0.15) is 11.2 Å². The summed E-state index contributed by atoms with van der Waals surface area (Å²) in [4.78, 5) is 0. The van der Waals surface area contributed by atoms with E-state index < -0.39 is 0 Å². The van der Waals surface area contributed by atoms with E-state index in [4.69, 9.17) is 4.42 Å². The zero-order valence-corrected chi connectivity index (χ0v) is 17.9. The van der Waals surface area contributed by atoms with Crippen molar-refractivity contribution in [3.63, 3.8) is 0 Å². The van der Waals surface area contributed by atoms with Gasteiger partial charge in [0.25, 0.3) is 0 Å². The minimum atomic E-state index is 0.909. The van der Waals surface area contributed by atoms with Gasteiger partial charge in [0.2, 0.25) is 0 Å². The zero-order valence-electron chi connectivity index (χ0n) is 17.9. The number of nitrogens with one attached hydrogen (secondary N) is 1. The van der Waals surface area contributed by atoms with Crippen LogP contribution in [0, 0.1) is 34.6 Å². The van der Waals surface area contributed by atoms with Gasteiger partial charge in [-0.05, 0) is 98.2 Å². The number of allylic oxidation sites excluding steroid dienone is 2. The summed E-state index contributed by atoms with van der Waals surface area (Å²) in [5.74, 6) is 0. The maximum absolute atomic E-state index is 6.40. The molecule has 2 heteroatoms. The SMILES string of the molecule is Cc1ccccc1NC1=CCc2cc3c(cc2C1)oc1c(C)c(C)c(C)c(C)c13. The van der Waals surface area contributed by atoms with Crippen LogP contribution in [0.25, 0.3) is 21.9 Å². The summed E-state index contributed by atoms with van der Waals surface area (Å²) in [7, 11) is 0. The molecule has 0 bridgehead atoms. The number of rotatable bonds is 2. The van der Waals surface area contributed by atoms with Crippen molar-refractivity contribution in [1.82, 2.24) is 0 Å². The Bertz CT molecular complexity index is 1320. The molecule has 0 amide bonds. The second-order valence-electron chi connectivity index (χ2n) is 8.47. The van der Waals surface area contributed by atoms with Crippen LogP contribution < -0.4 is 5.32 Å². The summed E-state index contributed by atoms with van der Waals surface area (Å²) in [6.45, 7) is 11.0. The fourth-order valence-electron chi connectivity index (χ4n) is 4.63. The van der Waals surface area contributed by atoms with E-state index >= 15 is 0 Å². The van der Waals surface area contributed by atoms with E-state index in [0.717, 1.165) is 24.0 Å². The maximum atomic E-state index is 6.40. The van der Waals surface area contributed by atoms with Gasteiger partial charge < -0.3 is 9.73 Å². The highest BCUT2D eigenvalue weighted by molar-refractivity contribution is 6.09. The third-order valence-electron chi connectivity index (χ3n) is 6.80. The van der Waals surface area contributed by atoms with E-state index in [-0.39, 0.29) is 0 Å². The van der Waals surface area contributed by atoms with Crippen LogP contribution in [0.4, 0.5) is 5.69 Å². The van der Waals surface area contributed by atoms with Gasteiger partial charge in [0.05, 0.1) is 0 Å². The Hall–Kier alpha value is -3.00. The van der Waals surface area contributed by atoms with E-state index in [9.17, 15) is 0 Å². The van der Waals surface area contributed by atoms with Crippen LogP contribution in [0.15, 0.2) is 52.6 Å². The zero-order chi connectivity index (χ0) is 20.3. The number of furan rings is 1. The van der Waals surface area contributed by atoms with Crippen molar-refractivity contribution >= 4 is 27.6 Å². The molecule has 3 aromatic carbocycles. The largest absolute Gasteiger partial charge is 0.456 e. The minimum absolute atomic E-state index is 0.909. The summed E-state index contributed by atoms with van der Waals surface area (Å²) in [6, 6.07) is 13.1. The topological polar surface area (TPSA) is 25.2 Å². The van der Waals surface area contributed by atoms with Gasteiger partial charge in [-0.2, -0.15) is 0 Å². The molecule has 5 rings (SSSR count). The second kappa shape index (κ2) is 6.52. The molecule has 0 saturated carbocycles. The van der Waals surface area contributed by atoms with Gasteiger partial charge >= 0.3 is 0 Å². The average molecular weight is 382 g/mol. The fourth-order valence-corrected chi connectivity index (χ4v) is 4.63. The standard InChI is InChI=1S/C27H27NO/c1-15-8-6-7-9-24(15)28-22-11-10-20-13-23-25(14-21(20)12-22)29-27-19(5)17(3)16(2)18(4)26(23)27/h6-9,11,13-14,28H,10,12H2,1-5H3. The van der Waals surface area contributed by atoms with E-state index in [2.05, 4.69) is 82.4 Å². The second-order valence-corrected chi connectivity index (χ2v) is 8.47. The number of fused-ring (bicyclic) bond motifs is 4. The Morgan fingerprint density at radius 2 is 1.59 bits per heavy atom. The van der Waals surface area contributed by atoms with Crippen molar-refractivity contribution in [2.45, 2.75) is 47.5 Å².